The van der Waals surface area contributed by atoms with Crippen LogP contribution in [0.5, 0.6) is 0 Å². The molecule has 5 atom stereocenters. The summed E-state index contributed by atoms with van der Waals surface area (Å²) in [6.07, 6.45) is -3.53. The van der Waals surface area contributed by atoms with Gasteiger partial charge < -0.3 is 29.4 Å². The lowest BCUT2D eigenvalue weighted by Gasteiger charge is -2.43. The van der Waals surface area contributed by atoms with Gasteiger partial charge in [0, 0.05) is 20.8 Å². The largest absolute Gasteiger partial charge is 0.463 e. The molecule has 0 saturated carbocycles. The highest BCUT2D eigenvalue weighted by atomic mass is 16.7. The van der Waals surface area contributed by atoms with Gasteiger partial charge >= 0.3 is 17.9 Å². The van der Waals surface area contributed by atoms with Crippen LogP contribution in [-0.4, -0.2) is 66.8 Å². The monoisotopic (exact) mass is 347 g/mol. The van der Waals surface area contributed by atoms with Crippen molar-refractivity contribution in [2.75, 3.05) is 13.2 Å². The molecule has 1 heterocycles. The van der Waals surface area contributed by atoms with Crippen LogP contribution in [0.4, 0.5) is 0 Å². The molecule has 0 radical (unpaired) electrons. The van der Waals surface area contributed by atoms with Gasteiger partial charge in [-0.05, 0) is 13.0 Å². The van der Waals surface area contributed by atoms with Gasteiger partial charge in [-0.2, -0.15) is 0 Å². The number of aliphatic hydroxyl groups excluding tert-OH is 1. The zero-order valence-corrected chi connectivity index (χ0v) is 14.3. The van der Waals surface area contributed by atoms with Crippen molar-refractivity contribution >= 4 is 17.9 Å². The maximum atomic E-state index is 11.4. The van der Waals surface area contributed by atoms with Gasteiger partial charge in [0.25, 0.3) is 0 Å². The van der Waals surface area contributed by atoms with E-state index in [9.17, 15) is 19.5 Å². The number of nitrogens with one attached hydrogen (secondary N) is 1. The van der Waals surface area contributed by atoms with E-state index in [0.29, 0.717) is 6.54 Å². The molecule has 0 bridgehead atoms. The number of hydrogen-bond donors (Lipinski definition) is 2. The van der Waals surface area contributed by atoms with Gasteiger partial charge in [-0.15, -0.1) is 0 Å². The summed E-state index contributed by atoms with van der Waals surface area (Å²) in [6.45, 7) is 5.84. The number of rotatable bonds is 7. The van der Waals surface area contributed by atoms with Crippen molar-refractivity contribution in [3.05, 3.63) is 0 Å². The lowest BCUT2D eigenvalue weighted by molar-refractivity contribution is -0.265. The predicted molar refractivity (Wildman–Crippen MR) is 80.7 cm³/mol. The summed E-state index contributed by atoms with van der Waals surface area (Å²) in [5.41, 5.74) is 0. The minimum Gasteiger partial charge on any atom is -0.463 e. The highest BCUT2D eigenvalue weighted by Gasteiger charge is 2.49. The third kappa shape index (κ3) is 6.06. The van der Waals surface area contributed by atoms with Crippen LogP contribution in [0.25, 0.3) is 0 Å². The molecule has 9 heteroatoms. The Hall–Kier alpha value is -1.71. The molecule has 1 rings (SSSR count). The van der Waals surface area contributed by atoms with Crippen molar-refractivity contribution in [3.63, 3.8) is 0 Å². The van der Waals surface area contributed by atoms with Crippen LogP contribution in [0.3, 0.4) is 0 Å². The number of carbonyl (C=O) groups excluding carboxylic acids is 3. The number of esters is 3. The van der Waals surface area contributed by atoms with Gasteiger partial charge in [0.1, 0.15) is 12.7 Å². The Morgan fingerprint density at radius 2 is 1.62 bits per heavy atom. The van der Waals surface area contributed by atoms with Crippen LogP contribution in [0.1, 0.15) is 34.1 Å². The Bertz CT molecular complexity index is 455. The summed E-state index contributed by atoms with van der Waals surface area (Å²) >= 11 is 0. The molecule has 1 saturated heterocycles. The lowest BCUT2D eigenvalue weighted by Crippen LogP contribution is -2.65. The van der Waals surface area contributed by atoms with Crippen LogP contribution in [-0.2, 0) is 33.3 Å². The SMILES string of the molecule is CCCNC1[C@@H](OC(C)=O)[C@H](OC(C)=O)C(COC(C)=O)O[C@@H]1O. The van der Waals surface area contributed by atoms with Crippen molar-refractivity contribution in [1.29, 1.82) is 0 Å². The third-order valence-corrected chi connectivity index (χ3v) is 3.35. The van der Waals surface area contributed by atoms with Crippen molar-refractivity contribution in [2.45, 2.75) is 64.8 Å². The van der Waals surface area contributed by atoms with E-state index in [-0.39, 0.29) is 6.61 Å². The van der Waals surface area contributed by atoms with Crippen LogP contribution < -0.4 is 5.32 Å². The van der Waals surface area contributed by atoms with E-state index in [1.807, 2.05) is 6.92 Å². The van der Waals surface area contributed by atoms with Gasteiger partial charge in [-0.25, -0.2) is 0 Å². The van der Waals surface area contributed by atoms with E-state index in [0.717, 1.165) is 6.42 Å². The molecule has 2 unspecified atom stereocenters. The molecule has 9 nitrogen and oxygen atoms in total. The molecule has 1 aliphatic rings. The predicted octanol–water partition coefficient (Wildman–Crippen LogP) is -0.502. The lowest BCUT2D eigenvalue weighted by atomic mass is 9.96. The quantitative estimate of drug-likeness (QED) is 0.464. The summed E-state index contributed by atoms with van der Waals surface area (Å²) in [4.78, 5) is 33.9. The molecule has 1 fully saturated rings. The first-order chi connectivity index (χ1) is 11.3. The van der Waals surface area contributed by atoms with E-state index in [1.54, 1.807) is 0 Å². The smallest absolute Gasteiger partial charge is 0.303 e. The van der Waals surface area contributed by atoms with Gasteiger partial charge in [-0.1, -0.05) is 6.92 Å². The van der Waals surface area contributed by atoms with Crippen LogP contribution in [0, 0.1) is 0 Å². The Labute approximate surface area is 140 Å². The minimum atomic E-state index is -1.33. The number of hydrogen-bond acceptors (Lipinski definition) is 9. The zero-order chi connectivity index (χ0) is 18.3. The molecule has 0 aromatic carbocycles. The number of aliphatic hydroxyl groups is 1. The van der Waals surface area contributed by atoms with E-state index in [4.69, 9.17) is 18.9 Å². The fourth-order valence-corrected chi connectivity index (χ4v) is 2.45. The van der Waals surface area contributed by atoms with Gasteiger partial charge in [0.2, 0.25) is 0 Å². The van der Waals surface area contributed by atoms with E-state index >= 15 is 0 Å². The molecule has 2 N–H and O–H groups in total. The van der Waals surface area contributed by atoms with Crippen molar-refractivity contribution in [3.8, 4) is 0 Å². The van der Waals surface area contributed by atoms with Crippen molar-refractivity contribution in [2.24, 2.45) is 0 Å². The average molecular weight is 347 g/mol. The summed E-state index contributed by atoms with van der Waals surface area (Å²) < 4.78 is 20.8. The van der Waals surface area contributed by atoms with Gasteiger partial charge in [0.15, 0.2) is 18.5 Å². The normalized spacial score (nSPS) is 29.6. The Balaban J connectivity index is 3.04. The molecule has 0 amide bonds. The topological polar surface area (TPSA) is 120 Å². The molecular weight excluding hydrogens is 322 g/mol. The van der Waals surface area contributed by atoms with Crippen molar-refractivity contribution < 1.29 is 38.4 Å². The van der Waals surface area contributed by atoms with Gasteiger partial charge in [0.05, 0.1) is 6.04 Å². The highest BCUT2D eigenvalue weighted by molar-refractivity contribution is 5.67. The average Bonchev–Trinajstić information content (AvgIpc) is 2.46. The number of ether oxygens (including phenoxy) is 4. The summed E-state index contributed by atoms with van der Waals surface area (Å²) in [6, 6.07) is -0.785. The van der Waals surface area contributed by atoms with E-state index in [2.05, 4.69) is 5.32 Å². The Morgan fingerprint density at radius 1 is 1.04 bits per heavy atom. The molecule has 0 aromatic rings. The molecule has 0 aliphatic carbocycles. The molecule has 0 aromatic heterocycles. The first kappa shape index (κ1) is 20.3. The van der Waals surface area contributed by atoms with Gasteiger partial charge in [-0.3, -0.25) is 14.4 Å². The first-order valence-electron chi connectivity index (χ1n) is 7.81. The van der Waals surface area contributed by atoms with E-state index < -0.39 is 48.6 Å². The maximum Gasteiger partial charge on any atom is 0.303 e. The third-order valence-electron chi connectivity index (χ3n) is 3.35. The molecular formula is C15H25NO8. The van der Waals surface area contributed by atoms with Crippen molar-refractivity contribution in [1.82, 2.24) is 5.32 Å². The molecule has 0 spiro atoms. The minimum absolute atomic E-state index is 0.247. The Morgan fingerprint density at radius 3 is 2.12 bits per heavy atom. The molecule has 24 heavy (non-hydrogen) atoms. The van der Waals surface area contributed by atoms with Crippen LogP contribution >= 0.6 is 0 Å². The standard InChI is InChI=1S/C15H25NO8/c1-5-6-16-12-14(23-10(4)19)13(22-9(3)18)11(24-15(12)20)7-21-8(2)17/h11-16,20H,5-7H2,1-4H3/t11?,12?,13-,14-,15+/m1/s1. The number of carbonyl (C=O) groups is 3. The summed E-state index contributed by atoms with van der Waals surface area (Å²) in [5.74, 6) is -1.76. The first-order valence-corrected chi connectivity index (χ1v) is 7.81. The zero-order valence-electron chi connectivity index (χ0n) is 14.3. The second kappa shape index (κ2) is 9.55. The summed E-state index contributed by atoms with van der Waals surface area (Å²) in [7, 11) is 0. The highest BCUT2D eigenvalue weighted by Crippen LogP contribution is 2.26. The molecule has 138 valence electrons. The van der Waals surface area contributed by atoms with Crippen LogP contribution in [0.2, 0.25) is 0 Å². The molecule has 1 aliphatic heterocycles. The summed E-state index contributed by atoms with van der Waals surface area (Å²) in [5, 5.41) is 13.2. The Kier molecular flexibility index (Phi) is 8.09. The second-order valence-electron chi connectivity index (χ2n) is 5.50. The fourth-order valence-electron chi connectivity index (χ4n) is 2.45. The van der Waals surface area contributed by atoms with E-state index in [1.165, 1.54) is 20.8 Å². The van der Waals surface area contributed by atoms with Crippen LogP contribution in [0.15, 0.2) is 0 Å². The maximum absolute atomic E-state index is 11.4. The second-order valence-corrected chi connectivity index (χ2v) is 5.50. The fraction of sp³-hybridized carbons (Fsp3) is 0.800.